The highest BCUT2D eigenvalue weighted by molar-refractivity contribution is 5.74. The molecule has 5 heteroatoms. The SMILES string of the molecule is CC(=O)NC1(c2ccccc2)CCN(C(=O)OC(C)(C)C)CC1. The van der Waals surface area contributed by atoms with Crippen molar-refractivity contribution < 1.29 is 14.3 Å². The number of carbonyl (C=O) groups excluding carboxylic acids is 2. The van der Waals surface area contributed by atoms with Gasteiger partial charge in [-0.15, -0.1) is 0 Å². The summed E-state index contributed by atoms with van der Waals surface area (Å²) in [5.74, 6) is -0.0560. The molecule has 2 amide bonds. The first-order valence-electron chi connectivity index (χ1n) is 8.04. The Balaban J connectivity index is 2.11. The van der Waals surface area contributed by atoms with Crippen LogP contribution in [0.3, 0.4) is 0 Å². The minimum Gasteiger partial charge on any atom is -0.444 e. The topological polar surface area (TPSA) is 58.6 Å². The Hall–Kier alpha value is -2.04. The van der Waals surface area contributed by atoms with Gasteiger partial charge in [-0.2, -0.15) is 0 Å². The quantitative estimate of drug-likeness (QED) is 0.912. The van der Waals surface area contributed by atoms with Crippen LogP contribution >= 0.6 is 0 Å². The second-order valence-electron chi connectivity index (χ2n) is 7.10. The molecule has 0 bridgehead atoms. The lowest BCUT2D eigenvalue weighted by Crippen LogP contribution is -2.54. The van der Waals surface area contributed by atoms with Gasteiger partial charge in [0.15, 0.2) is 0 Å². The monoisotopic (exact) mass is 318 g/mol. The van der Waals surface area contributed by atoms with Crippen LogP contribution in [0.1, 0.15) is 46.1 Å². The molecule has 0 radical (unpaired) electrons. The normalized spacial score (nSPS) is 17.5. The van der Waals surface area contributed by atoms with E-state index in [2.05, 4.69) is 5.32 Å². The fraction of sp³-hybridized carbons (Fsp3) is 0.556. The molecule has 1 aromatic rings. The molecule has 1 saturated heterocycles. The third-order valence-corrected chi connectivity index (χ3v) is 4.01. The number of rotatable bonds is 2. The average Bonchev–Trinajstić information content (AvgIpc) is 2.46. The summed E-state index contributed by atoms with van der Waals surface area (Å²) < 4.78 is 5.43. The number of carbonyl (C=O) groups is 2. The second-order valence-corrected chi connectivity index (χ2v) is 7.10. The van der Waals surface area contributed by atoms with Gasteiger partial charge in [0.2, 0.25) is 5.91 Å². The minimum absolute atomic E-state index is 0.0560. The standard InChI is InChI=1S/C18H26N2O3/c1-14(21)19-18(15-8-6-5-7-9-15)10-12-20(13-11-18)16(22)23-17(2,3)4/h5-9H,10-13H2,1-4H3,(H,19,21). The van der Waals surface area contributed by atoms with Crippen molar-refractivity contribution in [3.05, 3.63) is 35.9 Å². The van der Waals surface area contributed by atoms with Crippen molar-refractivity contribution >= 4 is 12.0 Å². The molecule has 1 aromatic carbocycles. The molecule has 126 valence electrons. The van der Waals surface area contributed by atoms with E-state index in [9.17, 15) is 9.59 Å². The summed E-state index contributed by atoms with van der Waals surface area (Å²) in [4.78, 5) is 25.6. The van der Waals surface area contributed by atoms with E-state index in [1.54, 1.807) is 4.90 Å². The Labute approximate surface area is 138 Å². The van der Waals surface area contributed by atoms with E-state index in [1.807, 2.05) is 51.1 Å². The van der Waals surface area contributed by atoms with Crippen LogP contribution in [0.25, 0.3) is 0 Å². The number of ether oxygens (including phenoxy) is 1. The average molecular weight is 318 g/mol. The molecule has 1 aliphatic heterocycles. The van der Waals surface area contributed by atoms with Crippen molar-refractivity contribution in [3.63, 3.8) is 0 Å². The molecule has 1 aliphatic rings. The number of likely N-dealkylation sites (tertiary alicyclic amines) is 1. The number of nitrogens with one attached hydrogen (secondary N) is 1. The fourth-order valence-corrected chi connectivity index (χ4v) is 2.98. The molecule has 2 rings (SSSR count). The Kier molecular flexibility index (Phi) is 4.97. The predicted octanol–water partition coefficient (Wildman–Crippen LogP) is 3.05. The van der Waals surface area contributed by atoms with Gasteiger partial charge in [-0.1, -0.05) is 30.3 Å². The molecule has 0 aromatic heterocycles. The fourth-order valence-electron chi connectivity index (χ4n) is 2.98. The maximum absolute atomic E-state index is 12.2. The molecular weight excluding hydrogens is 292 g/mol. The highest BCUT2D eigenvalue weighted by Gasteiger charge is 2.38. The zero-order valence-electron chi connectivity index (χ0n) is 14.4. The van der Waals surface area contributed by atoms with E-state index in [0.29, 0.717) is 25.9 Å². The van der Waals surface area contributed by atoms with Crippen LogP contribution in [0.4, 0.5) is 4.79 Å². The summed E-state index contributed by atoms with van der Waals surface area (Å²) >= 11 is 0. The van der Waals surface area contributed by atoms with Crippen molar-refractivity contribution in [2.75, 3.05) is 13.1 Å². The van der Waals surface area contributed by atoms with Crippen molar-refractivity contribution in [1.29, 1.82) is 0 Å². The van der Waals surface area contributed by atoms with Crippen LogP contribution in [-0.4, -0.2) is 35.6 Å². The molecule has 5 nitrogen and oxygen atoms in total. The van der Waals surface area contributed by atoms with Crippen molar-refractivity contribution in [3.8, 4) is 0 Å². The van der Waals surface area contributed by atoms with E-state index in [-0.39, 0.29) is 12.0 Å². The first-order chi connectivity index (χ1) is 10.7. The maximum Gasteiger partial charge on any atom is 0.410 e. The third-order valence-electron chi connectivity index (χ3n) is 4.01. The van der Waals surface area contributed by atoms with Gasteiger partial charge in [0, 0.05) is 20.0 Å². The number of piperidine rings is 1. The zero-order valence-corrected chi connectivity index (χ0v) is 14.4. The number of nitrogens with zero attached hydrogens (tertiary/aromatic N) is 1. The van der Waals surface area contributed by atoms with Crippen LogP contribution in [0.2, 0.25) is 0 Å². The number of hydrogen-bond acceptors (Lipinski definition) is 3. The van der Waals surface area contributed by atoms with Gasteiger partial charge >= 0.3 is 6.09 Å². The van der Waals surface area contributed by atoms with E-state index < -0.39 is 11.1 Å². The van der Waals surface area contributed by atoms with Crippen molar-refractivity contribution in [1.82, 2.24) is 10.2 Å². The summed E-state index contributed by atoms with van der Waals surface area (Å²) in [7, 11) is 0. The van der Waals surface area contributed by atoms with Crippen LogP contribution in [0, 0.1) is 0 Å². The predicted molar refractivity (Wildman–Crippen MR) is 89.0 cm³/mol. The summed E-state index contributed by atoms with van der Waals surface area (Å²) in [5.41, 5.74) is 0.174. The lowest BCUT2D eigenvalue weighted by molar-refractivity contribution is -0.121. The second kappa shape index (κ2) is 6.60. The molecule has 1 fully saturated rings. The largest absolute Gasteiger partial charge is 0.444 e. The van der Waals surface area contributed by atoms with Crippen molar-refractivity contribution in [2.24, 2.45) is 0 Å². The highest BCUT2D eigenvalue weighted by atomic mass is 16.6. The van der Waals surface area contributed by atoms with Gasteiger partial charge in [-0.05, 0) is 39.2 Å². The van der Waals surface area contributed by atoms with Gasteiger partial charge in [0.25, 0.3) is 0 Å². The molecule has 0 spiro atoms. The highest BCUT2D eigenvalue weighted by Crippen LogP contribution is 2.33. The lowest BCUT2D eigenvalue weighted by atomic mass is 9.81. The summed E-state index contributed by atoms with van der Waals surface area (Å²) in [5, 5.41) is 3.10. The number of benzene rings is 1. The van der Waals surface area contributed by atoms with Crippen LogP contribution in [0.5, 0.6) is 0 Å². The number of amides is 2. The van der Waals surface area contributed by atoms with E-state index >= 15 is 0 Å². The number of hydrogen-bond donors (Lipinski definition) is 1. The van der Waals surface area contributed by atoms with Crippen LogP contribution in [-0.2, 0) is 15.1 Å². The van der Waals surface area contributed by atoms with Gasteiger partial charge in [-0.3, -0.25) is 4.79 Å². The molecule has 23 heavy (non-hydrogen) atoms. The zero-order chi connectivity index (χ0) is 17.1. The van der Waals surface area contributed by atoms with E-state index in [1.165, 1.54) is 6.92 Å². The molecular formula is C18H26N2O3. The van der Waals surface area contributed by atoms with Gasteiger partial charge in [0.1, 0.15) is 5.60 Å². The Morgan fingerprint density at radius 1 is 1.13 bits per heavy atom. The van der Waals surface area contributed by atoms with E-state index in [4.69, 9.17) is 4.74 Å². The summed E-state index contributed by atoms with van der Waals surface area (Å²) in [6, 6.07) is 9.96. The molecule has 0 saturated carbocycles. The lowest BCUT2D eigenvalue weighted by Gasteiger charge is -2.42. The van der Waals surface area contributed by atoms with Gasteiger partial charge in [-0.25, -0.2) is 4.79 Å². The summed E-state index contributed by atoms with van der Waals surface area (Å²) in [6.07, 6.45) is 1.06. The van der Waals surface area contributed by atoms with Crippen LogP contribution < -0.4 is 5.32 Å². The molecule has 0 unspecified atom stereocenters. The Morgan fingerprint density at radius 2 is 1.70 bits per heavy atom. The Morgan fingerprint density at radius 3 is 2.17 bits per heavy atom. The smallest absolute Gasteiger partial charge is 0.410 e. The third kappa shape index (κ3) is 4.47. The molecule has 1 N–H and O–H groups in total. The molecule has 0 aliphatic carbocycles. The first-order valence-corrected chi connectivity index (χ1v) is 8.04. The maximum atomic E-state index is 12.2. The summed E-state index contributed by atoms with van der Waals surface area (Å²) in [6.45, 7) is 8.24. The van der Waals surface area contributed by atoms with E-state index in [0.717, 1.165) is 5.56 Å². The first kappa shape index (κ1) is 17.3. The van der Waals surface area contributed by atoms with Gasteiger partial charge in [0.05, 0.1) is 5.54 Å². The molecule has 0 atom stereocenters. The van der Waals surface area contributed by atoms with Crippen LogP contribution in [0.15, 0.2) is 30.3 Å². The van der Waals surface area contributed by atoms with Gasteiger partial charge < -0.3 is 15.0 Å². The Bertz CT molecular complexity index is 555. The molecule has 1 heterocycles. The van der Waals surface area contributed by atoms with Crippen molar-refractivity contribution in [2.45, 2.75) is 51.7 Å². The minimum atomic E-state index is -0.497.